The molecule has 2 N–H and O–H groups in total. The predicted molar refractivity (Wildman–Crippen MR) is 65.2 cm³/mol. The van der Waals surface area contributed by atoms with E-state index in [1.807, 2.05) is 6.92 Å². The molecule has 1 rings (SSSR count). The van der Waals surface area contributed by atoms with E-state index in [1.165, 1.54) is 0 Å². The first-order valence-corrected chi connectivity index (χ1v) is 5.48. The molecule has 0 spiro atoms. The minimum atomic E-state index is -0.0816. The zero-order chi connectivity index (χ0) is 12.3. The summed E-state index contributed by atoms with van der Waals surface area (Å²) in [4.78, 5) is 11.7. The molecular weight excluding hydrogens is 202 g/mol. The van der Waals surface area contributed by atoms with Crippen molar-refractivity contribution < 1.29 is 9.90 Å². The number of phenolic OH excluding ortho intramolecular Hbond substituents is 1. The lowest BCUT2D eigenvalue weighted by atomic mass is 9.94. The van der Waals surface area contributed by atoms with E-state index in [1.54, 1.807) is 19.2 Å². The number of rotatable bonds is 4. The van der Waals surface area contributed by atoms with Crippen molar-refractivity contribution in [2.75, 3.05) is 13.6 Å². The van der Waals surface area contributed by atoms with E-state index in [4.69, 9.17) is 0 Å². The minimum absolute atomic E-state index is 0.0714. The van der Waals surface area contributed by atoms with Crippen LogP contribution < -0.4 is 5.32 Å². The number of aryl methyl sites for hydroxylation is 1. The average Bonchev–Trinajstić information content (AvgIpc) is 2.17. The lowest BCUT2D eigenvalue weighted by Crippen LogP contribution is -2.19. The molecule has 0 saturated heterocycles. The van der Waals surface area contributed by atoms with Crippen LogP contribution in [0.5, 0.6) is 5.75 Å². The van der Waals surface area contributed by atoms with Crippen molar-refractivity contribution in [1.29, 1.82) is 0 Å². The van der Waals surface area contributed by atoms with Crippen LogP contribution in [0.25, 0.3) is 0 Å². The van der Waals surface area contributed by atoms with Crippen LogP contribution in [0.15, 0.2) is 12.1 Å². The Morgan fingerprint density at radius 2 is 2.06 bits per heavy atom. The third-order valence-corrected chi connectivity index (χ3v) is 2.64. The number of carbonyl (C=O) groups is 1. The second-order valence-corrected chi connectivity index (χ2v) is 4.33. The van der Waals surface area contributed by atoms with E-state index in [0.717, 1.165) is 11.1 Å². The Morgan fingerprint density at radius 3 is 2.56 bits per heavy atom. The van der Waals surface area contributed by atoms with E-state index in [9.17, 15) is 9.90 Å². The Kier molecular flexibility index (Phi) is 4.07. The zero-order valence-electron chi connectivity index (χ0n) is 10.3. The van der Waals surface area contributed by atoms with Crippen LogP contribution in [0, 0.1) is 6.92 Å². The number of hydrogen-bond acceptors (Lipinski definition) is 3. The van der Waals surface area contributed by atoms with Crippen molar-refractivity contribution in [3.05, 3.63) is 28.8 Å². The molecular formula is C13H19NO2. The van der Waals surface area contributed by atoms with Crippen molar-refractivity contribution in [2.45, 2.75) is 26.7 Å². The number of nitrogens with one attached hydrogen (secondary N) is 1. The summed E-state index contributed by atoms with van der Waals surface area (Å²) in [5.74, 6) is 0.339. The molecule has 0 aliphatic heterocycles. The van der Waals surface area contributed by atoms with Crippen molar-refractivity contribution >= 4 is 5.78 Å². The summed E-state index contributed by atoms with van der Waals surface area (Å²) in [6.45, 7) is 6.34. The van der Waals surface area contributed by atoms with Gasteiger partial charge in [0.05, 0.1) is 12.1 Å². The molecule has 0 radical (unpaired) electrons. The van der Waals surface area contributed by atoms with Gasteiger partial charge in [-0.3, -0.25) is 4.79 Å². The SMILES string of the molecule is CNCC(=O)c1cc(C(C)C)c(C)cc1O. The van der Waals surface area contributed by atoms with Gasteiger partial charge in [-0.2, -0.15) is 0 Å². The molecule has 3 heteroatoms. The number of Topliss-reactive ketones (excluding diaryl/α,β-unsaturated/α-hetero) is 1. The fraction of sp³-hybridized carbons (Fsp3) is 0.462. The number of likely N-dealkylation sites (N-methyl/N-ethyl adjacent to an activating group) is 1. The number of ketones is 1. The smallest absolute Gasteiger partial charge is 0.180 e. The molecule has 0 aliphatic carbocycles. The van der Waals surface area contributed by atoms with Crippen LogP contribution in [-0.2, 0) is 0 Å². The van der Waals surface area contributed by atoms with Gasteiger partial charge in [-0.05, 0) is 43.1 Å². The van der Waals surface area contributed by atoms with Crippen LogP contribution in [0.2, 0.25) is 0 Å². The van der Waals surface area contributed by atoms with E-state index < -0.39 is 0 Å². The number of aromatic hydroxyl groups is 1. The fourth-order valence-electron chi connectivity index (χ4n) is 1.81. The van der Waals surface area contributed by atoms with E-state index in [0.29, 0.717) is 11.5 Å². The molecule has 3 nitrogen and oxygen atoms in total. The Labute approximate surface area is 96.5 Å². The summed E-state index contributed by atoms with van der Waals surface area (Å²) in [6, 6.07) is 3.47. The largest absolute Gasteiger partial charge is 0.507 e. The normalized spacial score (nSPS) is 10.8. The van der Waals surface area contributed by atoms with Gasteiger partial charge in [0, 0.05) is 0 Å². The molecule has 0 bridgehead atoms. The van der Waals surface area contributed by atoms with Gasteiger partial charge >= 0.3 is 0 Å². The molecule has 0 unspecified atom stereocenters. The number of benzene rings is 1. The van der Waals surface area contributed by atoms with E-state index >= 15 is 0 Å². The molecule has 1 aromatic rings. The molecule has 0 heterocycles. The predicted octanol–water partition coefficient (Wildman–Crippen LogP) is 2.23. The van der Waals surface area contributed by atoms with Crippen LogP contribution in [0.3, 0.4) is 0 Å². The minimum Gasteiger partial charge on any atom is -0.507 e. The van der Waals surface area contributed by atoms with E-state index in [-0.39, 0.29) is 18.1 Å². The van der Waals surface area contributed by atoms with Crippen LogP contribution in [0.4, 0.5) is 0 Å². The van der Waals surface area contributed by atoms with Gasteiger partial charge < -0.3 is 10.4 Å². The number of phenols is 1. The Hall–Kier alpha value is -1.35. The molecule has 0 amide bonds. The summed E-state index contributed by atoms with van der Waals surface area (Å²) in [6.07, 6.45) is 0. The zero-order valence-corrected chi connectivity index (χ0v) is 10.3. The first-order valence-electron chi connectivity index (χ1n) is 5.48. The fourth-order valence-corrected chi connectivity index (χ4v) is 1.81. The summed E-state index contributed by atoms with van der Waals surface area (Å²) in [5, 5.41) is 12.5. The molecule has 0 atom stereocenters. The van der Waals surface area contributed by atoms with Gasteiger partial charge in [0.1, 0.15) is 5.75 Å². The highest BCUT2D eigenvalue weighted by Gasteiger charge is 2.14. The summed E-state index contributed by atoms with van der Waals surface area (Å²) >= 11 is 0. The van der Waals surface area contributed by atoms with Gasteiger partial charge in [0.2, 0.25) is 0 Å². The monoisotopic (exact) mass is 221 g/mol. The third-order valence-electron chi connectivity index (χ3n) is 2.64. The highest BCUT2D eigenvalue weighted by molar-refractivity contribution is 6.00. The van der Waals surface area contributed by atoms with Gasteiger partial charge in [0.25, 0.3) is 0 Å². The highest BCUT2D eigenvalue weighted by Crippen LogP contribution is 2.27. The second kappa shape index (κ2) is 5.12. The van der Waals surface area contributed by atoms with E-state index in [2.05, 4.69) is 19.2 Å². The standard InChI is InChI=1S/C13H19NO2/c1-8(2)10-6-11(13(16)7-14-4)12(15)5-9(10)3/h5-6,8,14-15H,7H2,1-4H3. The topological polar surface area (TPSA) is 49.3 Å². The molecule has 1 aromatic carbocycles. The maximum atomic E-state index is 11.7. The molecule has 0 aromatic heterocycles. The lowest BCUT2D eigenvalue weighted by molar-refractivity contribution is 0.0991. The number of hydrogen-bond donors (Lipinski definition) is 2. The Balaban J connectivity index is 3.19. The first-order chi connectivity index (χ1) is 7.47. The molecule has 0 fully saturated rings. The molecule has 88 valence electrons. The van der Waals surface area contributed by atoms with Crippen LogP contribution in [-0.4, -0.2) is 24.5 Å². The average molecular weight is 221 g/mol. The highest BCUT2D eigenvalue weighted by atomic mass is 16.3. The number of carbonyl (C=O) groups excluding carboxylic acids is 1. The molecule has 0 saturated carbocycles. The Morgan fingerprint density at radius 1 is 1.44 bits per heavy atom. The van der Waals surface area contributed by atoms with Crippen LogP contribution in [0.1, 0.15) is 41.3 Å². The first kappa shape index (κ1) is 12.7. The van der Waals surface area contributed by atoms with Crippen molar-refractivity contribution in [3.8, 4) is 5.75 Å². The van der Waals surface area contributed by atoms with Gasteiger partial charge in [-0.1, -0.05) is 13.8 Å². The van der Waals surface area contributed by atoms with Gasteiger partial charge in [0.15, 0.2) is 5.78 Å². The van der Waals surface area contributed by atoms with Crippen molar-refractivity contribution in [2.24, 2.45) is 0 Å². The van der Waals surface area contributed by atoms with Gasteiger partial charge in [-0.25, -0.2) is 0 Å². The van der Waals surface area contributed by atoms with Gasteiger partial charge in [-0.15, -0.1) is 0 Å². The Bertz CT molecular complexity index is 397. The summed E-state index contributed by atoms with van der Waals surface area (Å²) in [5.41, 5.74) is 2.54. The quantitative estimate of drug-likeness (QED) is 0.766. The van der Waals surface area contributed by atoms with Crippen molar-refractivity contribution in [1.82, 2.24) is 5.32 Å². The second-order valence-electron chi connectivity index (χ2n) is 4.33. The third kappa shape index (κ3) is 2.61. The van der Waals surface area contributed by atoms with Crippen molar-refractivity contribution in [3.63, 3.8) is 0 Å². The summed E-state index contributed by atoms with van der Waals surface area (Å²) in [7, 11) is 1.71. The maximum absolute atomic E-state index is 11.7. The molecule has 16 heavy (non-hydrogen) atoms. The van der Waals surface area contributed by atoms with Crippen LogP contribution >= 0.6 is 0 Å². The maximum Gasteiger partial charge on any atom is 0.180 e. The molecule has 0 aliphatic rings. The summed E-state index contributed by atoms with van der Waals surface area (Å²) < 4.78 is 0. The lowest BCUT2D eigenvalue weighted by Gasteiger charge is -2.13.